The molecule has 0 aliphatic rings. The van der Waals surface area contributed by atoms with Gasteiger partial charge >= 0.3 is 0 Å². The second-order valence-electron chi connectivity index (χ2n) is 3.31. The van der Waals surface area contributed by atoms with Crippen LogP contribution in [0.2, 0.25) is 5.02 Å². The van der Waals surface area contributed by atoms with Crippen LogP contribution in [0.25, 0.3) is 10.2 Å². The third-order valence-corrected chi connectivity index (χ3v) is 4.30. The Morgan fingerprint density at radius 2 is 2.38 bits per heavy atom. The Bertz CT molecular complexity index is 527. The van der Waals surface area contributed by atoms with E-state index in [-0.39, 0.29) is 0 Å². The third kappa shape index (κ3) is 2.72. The van der Waals surface area contributed by atoms with Gasteiger partial charge in [0.25, 0.3) is 0 Å². The molecule has 0 fully saturated rings. The van der Waals surface area contributed by atoms with E-state index in [9.17, 15) is 4.21 Å². The van der Waals surface area contributed by atoms with Crippen molar-refractivity contribution in [3.63, 3.8) is 0 Å². The number of anilines is 1. The number of nitrogens with zero attached hydrogens (tertiary/aromatic N) is 1. The zero-order valence-corrected chi connectivity index (χ0v) is 11.1. The molecule has 0 saturated heterocycles. The molecule has 0 radical (unpaired) electrons. The van der Waals surface area contributed by atoms with Crippen LogP contribution in [0.5, 0.6) is 0 Å². The zero-order valence-electron chi connectivity index (χ0n) is 8.70. The van der Waals surface area contributed by atoms with Gasteiger partial charge in [-0.1, -0.05) is 29.0 Å². The van der Waals surface area contributed by atoms with Crippen LogP contribution < -0.4 is 5.32 Å². The summed E-state index contributed by atoms with van der Waals surface area (Å²) in [5.74, 6) is 0.629. The monoisotopic (exact) mass is 274 g/mol. The van der Waals surface area contributed by atoms with Crippen molar-refractivity contribution in [1.82, 2.24) is 4.98 Å². The topological polar surface area (TPSA) is 42.0 Å². The number of hydrogen-bond donors (Lipinski definition) is 1. The first-order valence-electron chi connectivity index (χ1n) is 4.76. The van der Waals surface area contributed by atoms with Crippen molar-refractivity contribution in [3.8, 4) is 0 Å². The van der Waals surface area contributed by atoms with Crippen molar-refractivity contribution in [2.45, 2.75) is 0 Å². The highest BCUT2D eigenvalue weighted by molar-refractivity contribution is 7.84. The quantitative estimate of drug-likeness (QED) is 0.932. The lowest BCUT2D eigenvalue weighted by atomic mass is 10.3. The molecule has 0 bridgehead atoms. The molecule has 1 aromatic heterocycles. The van der Waals surface area contributed by atoms with E-state index in [4.69, 9.17) is 11.6 Å². The fraction of sp³-hybridized carbons (Fsp3) is 0.300. The molecule has 2 aromatic rings. The minimum absolute atomic E-state index is 0.629. The smallest absolute Gasteiger partial charge is 0.183 e. The first-order valence-corrected chi connectivity index (χ1v) is 7.68. The molecule has 0 amide bonds. The Morgan fingerprint density at radius 1 is 1.56 bits per heavy atom. The number of fused-ring (bicyclic) bond motifs is 1. The molecule has 0 aliphatic heterocycles. The van der Waals surface area contributed by atoms with Crippen LogP contribution in [0.3, 0.4) is 0 Å². The van der Waals surface area contributed by atoms with Crippen molar-refractivity contribution in [2.75, 3.05) is 23.9 Å². The summed E-state index contributed by atoms with van der Waals surface area (Å²) in [4.78, 5) is 4.39. The summed E-state index contributed by atoms with van der Waals surface area (Å²) in [7, 11) is -0.773. The van der Waals surface area contributed by atoms with Crippen molar-refractivity contribution in [3.05, 3.63) is 23.2 Å². The molecule has 1 unspecified atom stereocenters. The van der Waals surface area contributed by atoms with Crippen LogP contribution in [0.1, 0.15) is 0 Å². The second kappa shape index (κ2) is 5.12. The van der Waals surface area contributed by atoms with Crippen LogP contribution in [0, 0.1) is 0 Å². The second-order valence-corrected chi connectivity index (χ2v) is 6.27. The molecule has 86 valence electrons. The first-order chi connectivity index (χ1) is 7.66. The lowest BCUT2D eigenvalue weighted by Gasteiger charge is -1.98. The van der Waals surface area contributed by atoms with Crippen LogP contribution in [-0.4, -0.2) is 27.7 Å². The number of halogens is 1. The number of rotatable bonds is 4. The van der Waals surface area contributed by atoms with Crippen LogP contribution in [0.4, 0.5) is 5.13 Å². The Labute approximate surface area is 105 Å². The Kier molecular flexibility index (Phi) is 3.78. The molecular formula is C10H11ClN2OS2. The van der Waals surface area contributed by atoms with E-state index in [1.54, 1.807) is 6.26 Å². The number of hydrogen-bond acceptors (Lipinski definition) is 4. The predicted molar refractivity (Wildman–Crippen MR) is 72.1 cm³/mol. The van der Waals surface area contributed by atoms with Gasteiger partial charge in [0.2, 0.25) is 0 Å². The minimum atomic E-state index is -0.773. The molecule has 3 nitrogen and oxygen atoms in total. The maximum Gasteiger partial charge on any atom is 0.183 e. The number of nitrogens with one attached hydrogen (secondary N) is 1. The molecule has 16 heavy (non-hydrogen) atoms. The molecule has 1 atom stereocenters. The molecule has 1 heterocycles. The summed E-state index contributed by atoms with van der Waals surface area (Å²) >= 11 is 7.57. The standard InChI is InChI=1S/C10H11ClN2OS2/c1-16(14)6-5-12-10-13-8-4-2-3-7(11)9(8)15-10/h2-4H,5-6H2,1H3,(H,12,13). The minimum Gasteiger partial charge on any atom is -0.361 e. The van der Waals surface area contributed by atoms with Crippen molar-refractivity contribution >= 4 is 49.1 Å². The highest BCUT2D eigenvalue weighted by Gasteiger charge is 2.05. The Balaban J connectivity index is 2.14. The summed E-state index contributed by atoms with van der Waals surface area (Å²) in [6.45, 7) is 0.667. The van der Waals surface area contributed by atoms with Gasteiger partial charge in [-0.05, 0) is 12.1 Å². The van der Waals surface area contributed by atoms with Gasteiger partial charge in [0.1, 0.15) is 0 Å². The zero-order chi connectivity index (χ0) is 11.5. The lowest BCUT2D eigenvalue weighted by molar-refractivity contribution is 0.687. The molecule has 0 aliphatic carbocycles. The van der Waals surface area contributed by atoms with Gasteiger partial charge in [0.05, 0.1) is 15.2 Å². The molecule has 0 spiro atoms. The predicted octanol–water partition coefficient (Wildman–Crippen LogP) is 2.74. The van der Waals surface area contributed by atoms with Gasteiger partial charge in [-0.2, -0.15) is 0 Å². The molecule has 1 N–H and O–H groups in total. The largest absolute Gasteiger partial charge is 0.361 e. The van der Waals surface area contributed by atoms with E-state index in [0.29, 0.717) is 12.3 Å². The normalized spacial score (nSPS) is 12.9. The van der Waals surface area contributed by atoms with E-state index >= 15 is 0 Å². The SMILES string of the molecule is CS(=O)CCNc1nc2cccc(Cl)c2s1. The maximum absolute atomic E-state index is 10.9. The first kappa shape index (κ1) is 11.8. The number of aromatic nitrogens is 1. The summed E-state index contributed by atoms with van der Waals surface area (Å²) < 4.78 is 11.9. The van der Waals surface area contributed by atoms with Crippen LogP contribution in [-0.2, 0) is 10.8 Å². The summed E-state index contributed by atoms with van der Waals surface area (Å²) in [5, 5.41) is 4.70. The molecular weight excluding hydrogens is 264 g/mol. The molecule has 6 heteroatoms. The Morgan fingerprint density at radius 3 is 3.06 bits per heavy atom. The van der Waals surface area contributed by atoms with E-state index in [1.807, 2.05) is 18.2 Å². The average molecular weight is 275 g/mol. The van der Waals surface area contributed by atoms with Crippen molar-refractivity contribution in [2.24, 2.45) is 0 Å². The summed E-state index contributed by atoms with van der Waals surface area (Å²) in [6, 6.07) is 5.67. The summed E-state index contributed by atoms with van der Waals surface area (Å²) in [5.41, 5.74) is 0.901. The van der Waals surface area contributed by atoms with Gasteiger partial charge in [-0.15, -0.1) is 0 Å². The highest BCUT2D eigenvalue weighted by Crippen LogP contribution is 2.31. The number of thiazole rings is 1. The Hall–Kier alpha value is -0.650. The van der Waals surface area contributed by atoms with E-state index < -0.39 is 10.8 Å². The maximum atomic E-state index is 10.9. The fourth-order valence-electron chi connectivity index (χ4n) is 1.29. The summed E-state index contributed by atoms with van der Waals surface area (Å²) in [6.07, 6.45) is 1.69. The highest BCUT2D eigenvalue weighted by atomic mass is 35.5. The van der Waals surface area contributed by atoms with E-state index in [1.165, 1.54) is 11.3 Å². The molecule has 2 rings (SSSR count). The van der Waals surface area contributed by atoms with E-state index in [2.05, 4.69) is 10.3 Å². The molecule has 1 aromatic carbocycles. The average Bonchev–Trinajstić information content (AvgIpc) is 2.61. The number of benzene rings is 1. The van der Waals surface area contributed by atoms with E-state index in [0.717, 1.165) is 20.4 Å². The van der Waals surface area contributed by atoms with Gasteiger partial charge in [0.15, 0.2) is 5.13 Å². The van der Waals surface area contributed by atoms with Gasteiger partial charge in [-0.25, -0.2) is 4.98 Å². The van der Waals surface area contributed by atoms with Gasteiger partial charge < -0.3 is 5.32 Å². The van der Waals surface area contributed by atoms with Gasteiger partial charge in [-0.3, -0.25) is 4.21 Å². The van der Waals surface area contributed by atoms with Crippen LogP contribution >= 0.6 is 22.9 Å². The van der Waals surface area contributed by atoms with Crippen molar-refractivity contribution < 1.29 is 4.21 Å². The van der Waals surface area contributed by atoms with Crippen molar-refractivity contribution in [1.29, 1.82) is 0 Å². The lowest BCUT2D eigenvalue weighted by Crippen LogP contribution is -2.09. The third-order valence-electron chi connectivity index (χ3n) is 2.03. The van der Waals surface area contributed by atoms with Gasteiger partial charge in [0, 0.05) is 29.4 Å². The molecule has 0 saturated carbocycles. The fourth-order valence-corrected chi connectivity index (χ4v) is 2.86. The van der Waals surface area contributed by atoms with Crippen LogP contribution in [0.15, 0.2) is 18.2 Å².